The second-order valence-electron chi connectivity index (χ2n) is 4.55. The predicted octanol–water partition coefficient (Wildman–Crippen LogP) is 0.106. The molecule has 0 aromatic carbocycles. The fourth-order valence-corrected chi connectivity index (χ4v) is 2.51. The Morgan fingerprint density at radius 2 is 2.38 bits per heavy atom. The molecule has 0 amide bonds. The molecular formula is C11H18O5. The van der Waals surface area contributed by atoms with E-state index < -0.39 is 12.1 Å². The number of hydrogen-bond donors (Lipinski definition) is 1. The molecule has 5 nitrogen and oxygen atoms in total. The lowest BCUT2D eigenvalue weighted by Crippen LogP contribution is -2.45. The Kier molecular flexibility index (Phi) is 3.47. The van der Waals surface area contributed by atoms with E-state index in [9.17, 15) is 9.90 Å². The number of rotatable bonds is 2. The van der Waals surface area contributed by atoms with Crippen LogP contribution in [0.4, 0.5) is 0 Å². The summed E-state index contributed by atoms with van der Waals surface area (Å²) in [5.41, 5.74) is -0.280. The maximum atomic E-state index is 11.3. The normalized spacial score (nSPS) is 36.2. The molecule has 1 spiro atoms. The zero-order valence-corrected chi connectivity index (χ0v) is 9.48. The molecule has 0 aromatic rings. The van der Waals surface area contributed by atoms with Gasteiger partial charge in [0.05, 0.1) is 19.3 Å². The van der Waals surface area contributed by atoms with Crippen molar-refractivity contribution in [2.24, 2.45) is 5.92 Å². The summed E-state index contributed by atoms with van der Waals surface area (Å²) >= 11 is 0. The van der Waals surface area contributed by atoms with E-state index in [0.717, 1.165) is 6.42 Å². The van der Waals surface area contributed by atoms with Crippen molar-refractivity contribution in [2.45, 2.75) is 31.0 Å². The number of carbonyl (C=O) groups excluding carboxylic acids is 1. The Morgan fingerprint density at radius 3 is 3.00 bits per heavy atom. The molecule has 2 fully saturated rings. The zero-order chi connectivity index (χ0) is 11.6. The van der Waals surface area contributed by atoms with Crippen molar-refractivity contribution < 1.29 is 24.1 Å². The topological polar surface area (TPSA) is 65.0 Å². The van der Waals surface area contributed by atoms with Gasteiger partial charge < -0.3 is 19.3 Å². The first kappa shape index (κ1) is 11.8. The molecule has 0 bridgehead atoms. The number of methoxy groups -OCH3 is 1. The monoisotopic (exact) mass is 230 g/mol. The second kappa shape index (κ2) is 4.69. The third kappa shape index (κ3) is 2.21. The van der Waals surface area contributed by atoms with E-state index in [1.54, 1.807) is 0 Å². The summed E-state index contributed by atoms with van der Waals surface area (Å²) in [6.07, 6.45) is 1.17. The number of aliphatic hydroxyl groups is 1. The lowest BCUT2D eigenvalue weighted by molar-refractivity contribution is -0.162. The van der Waals surface area contributed by atoms with E-state index >= 15 is 0 Å². The summed E-state index contributed by atoms with van der Waals surface area (Å²) in [6.45, 7) is 1.83. The Bertz CT molecular complexity index is 259. The first-order valence-corrected chi connectivity index (χ1v) is 5.64. The summed E-state index contributed by atoms with van der Waals surface area (Å²) in [5, 5.41) is 9.82. The van der Waals surface area contributed by atoms with Crippen molar-refractivity contribution in [2.75, 3.05) is 26.9 Å². The fourth-order valence-electron chi connectivity index (χ4n) is 2.51. The Hall–Kier alpha value is -0.650. The van der Waals surface area contributed by atoms with Gasteiger partial charge in [0.1, 0.15) is 0 Å². The van der Waals surface area contributed by atoms with Crippen molar-refractivity contribution in [3.63, 3.8) is 0 Å². The second-order valence-corrected chi connectivity index (χ2v) is 4.55. The van der Waals surface area contributed by atoms with Gasteiger partial charge >= 0.3 is 5.97 Å². The lowest BCUT2D eigenvalue weighted by atomic mass is 9.82. The van der Waals surface area contributed by atoms with E-state index in [0.29, 0.717) is 32.7 Å². The van der Waals surface area contributed by atoms with Crippen LogP contribution in [0, 0.1) is 5.92 Å². The number of carbonyl (C=O) groups is 1. The fraction of sp³-hybridized carbons (Fsp3) is 0.909. The van der Waals surface area contributed by atoms with Gasteiger partial charge in [-0.2, -0.15) is 0 Å². The van der Waals surface area contributed by atoms with Crippen LogP contribution in [0.15, 0.2) is 0 Å². The molecule has 16 heavy (non-hydrogen) atoms. The average Bonchev–Trinajstić information content (AvgIpc) is 2.75. The van der Waals surface area contributed by atoms with Gasteiger partial charge in [0.2, 0.25) is 0 Å². The number of aliphatic hydroxyl groups excluding tert-OH is 1. The van der Waals surface area contributed by atoms with Crippen LogP contribution in [0.1, 0.15) is 19.3 Å². The van der Waals surface area contributed by atoms with E-state index in [4.69, 9.17) is 9.47 Å². The highest BCUT2D eigenvalue weighted by Crippen LogP contribution is 2.37. The molecule has 0 radical (unpaired) electrons. The molecule has 2 heterocycles. The number of hydrogen-bond acceptors (Lipinski definition) is 5. The van der Waals surface area contributed by atoms with Crippen molar-refractivity contribution in [3.05, 3.63) is 0 Å². The summed E-state index contributed by atoms with van der Waals surface area (Å²) in [6, 6.07) is 0. The molecule has 3 atom stereocenters. The molecule has 2 aliphatic rings. The van der Waals surface area contributed by atoms with E-state index in [1.165, 1.54) is 7.11 Å². The van der Waals surface area contributed by atoms with Gasteiger partial charge in [0.15, 0.2) is 6.10 Å². The summed E-state index contributed by atoms with van der Waals surface area (Å²) in [5.74, 6) is -0.635. The Balaban J connectivity index is 1.98. The van der Waals surface area contributed by atoms with Crippen LogP contribution in [0.3, 0.4) is 0 Å². The molecule has 92 valence electrons. The van der Waals surface area contributed by atoms with Gasteiger partial charge in [0.25, 0.3) is 0 Å². The van der Waals surface area contributed by atoms with Crippen molar-refractivity contribution in [1.29, 1.82) is 0 Å². The highest BCUT2D eigenvalue weighted by molar-refractivity contribution is 5.74. The highest BCUT2D eigenvalue weighted by Gasteiger charge is 2.44. The predicted molar refractivity (Wildman–Crippen MR) is 54.9 cm³/mol. The van der Waals surface area contributed by atoms with E-state index in [2.05, 4.69) is 4.74 Å². The summed E-state index contributed by atoms with van der Waals surface area (Å²) in [4.78, 5) is 11.3. The minimum Gasteiger partial charge on any atom is -0.467 e. The molecule has 0 aromatic heterocycles. The Morgan fingerprint density at radius 1 is 1.56 bits per heavy atom. The van der Waals surface area contributed by atoms with E-state index in [-0.39, 0.29) is 11.5 Å². The van der Waals surface area contributed by atoms with Gasteiger partial charge in [-0.15, -0.1) is 0 Å². The van der Waals surface area contributed by atoms with Gasteiger partial charge in [-0.1, -0.05) is 0 Å². The van der Waals surface area contributed by atoms with Crippen LogP contribution in [0.25, 0.3) is 0 Å². The van der Waals surface area contributed by atoms with Crippen LogP contribution >= 0.6 is 0 Å². The molecule has 2 aliphatic heterocycles. The largest absolute Gasteiger partial charge is 0.467 e. The molecule has 0 saturated carbocycles. The van der Waals surface area contributed by atoms with Gasteiger partial charge in [-0.3, -0.25) is 0 Å². The van der Waals surface area contributed by atoms with Crippen LogP contribution in [-0.2, 0) is 19.0 Å². The summed E-state index contributed by atoms with van der Waals surface area (Å²) < 4.78 is 15.6. The minimum atomic E-state index is -1.04. The van der Waals surface area contributed by atoms with Gasteiger partial charge in [-0.25, -0.2) is 4.79 Å². The number of esters is 1. The number of ether oxygens (including phenoxy) is 3. The molecular weight excluding hydrogens is 212 g/mol. The van der Waals surface area contributed by atoms with Gasteiger partial charge in [0, 0.05) is 25.6 Å². The SMILES string of the molecule is COC(=O)C(O)C1CCOC2(CCOC2)C1. The maximum Gasteiger partial charge on any atom is 0.334 e. The minimum absolute atomic E-state index is 0.0806. The maximum absolute atomic E-state index is 11.3. The molecule has 0 aliphatic carbocycles. The molecule has 1 N–H and O–H groups in total. The van der Waals surface area contributed by atoms with E-state index in [1.807, 2.05) is 0 Å². The van der Waals surface area contributed by atoms with Crippen molar-refractivity contribution in [1.82, 2.24) is 0 Å². The van der Waals surface area contributed by atoms with Crippen LogP contribution in [0.2, 0.25) is 0 Å². The zero-order valence-electron chi connectivity index (χ0n) is 9.48. The molecule has 2 saturated heterocycles. The quantitative estimate of drug-likeness (QED) is 0.682. The molecule has 5 heteroatoms. The van der Waals surface area contributed by atoms with Crippen LogP contribution in [0.5, 0.6) is 0 Å². The van der Waals surface area contributed by atoms with Crippen LogP contribution in [-0.4, -0.2) is 49.7 Å². The van der Waals surface area contributed by atoms with Gasteiger partial charge in [-0.05, 0) is 12.8 Å². The van der Waals surface area contributed by atoms with Crippen molar-refractivity contribution >= 4 is 5.97 Å². The lowest BCUT2D eigenvalue weighted by Gasteiger charge is -2.38. The van der Waals surface area contributed by atoms with Crippen molar-refractivity contribution in [3.8, 4) is 0 Å². The third-order valence-electron chi connectivity index (χ3n) is 3.49. The molecule has 3 unspecified atom stereocenters. The molecule has 2 rings (SSSR count). The van der Waals surface area contributed by atoms with Crippen LogP contribution < -0.4 is 0 Å². The first-order chi connectivity index (χ1) is 7.67. The third-order valence-corrected chi connectivity index (χ3v) is 3.49. The smallest absolute Gasteiger partial charge is 0.334 e. The first-order valence-electron chi connectivity index (χ1n) is 5.64. The average molecular weight is 230 g/mol. The Labute approximate surface area is 94.7 Å². The summed E-state index contributed by atoms with van der Waals surface area (Å²) in [7, 11) is 1.29. The highest BCUT2D eigenvalue weighted by atomic mass is 16.6. The standard InChI is InChI=1S/C11H18O5/c1-14-10(13)9(12)8-2-4-16-11(6-8)3-5-15-7-11/h8-9,12H,2-7H2,1H3.